The van der Waals surface area contributed by atoms with E-state index in [1.54, 1.807) is 18.3 Å². The Hall–Kier alpha value is -1.62. The summed E-state index contributed by atoms with van der Waals surface area (Å²) in [4.78, 5) is 0. The molecule has 2 aromatic carbocycles. The van der Waals surface area contributed by atoms with Gasteiger partial charge in [0.2, 0.25) is 0 Å². The number of nitrogens with one attached hydrogen (secondary N) is 1. The second-order valence-corrected chi connectivity index (χ2v) is 5.77. The number of hydrazone groups is 1. The minimum Gasteiger partial charge on any atom is -0.486 e. The van der Waals surface area contributed by atoms with Crippen molar-refractivity contribution >= 4 is 46.7 Å². The highest BCUT2D eigenvalue weighted by Crippen LogP contribution is 2.34. The number of fused-ring (bicyclic) bond motifs is 1. The normalized spacial score (nSPS) is 13.4. The fourth-order valence-electron chi connectivity index (χ4n) is 1.96. The molecule has 3 rings (SSSR count). The van der Waals surface area contributed by atoms with Gasteiger partial charge in [-0.25, -0.2) is 0 Å². The van der Waals surface area contributed by atoms with Gasteiger partial charge in [0, 0.05) is 5.02 Å². The molecule has 0 amide bonds. The average Bonchev–Trinajstić information content (AvgIpc) is 2.49. The fraction of sp³-hybridized carbons (Fsp3) is 0.133. The molecule has 1 aliphatic heterocycles. The number of nitrogens with zero attached hydrogens (tertiary/aromatic N) is 1. The zero-order valence-electron chi connectivity index (χ0n) is 11.3. The van der Waals surface area contributed by atoms with Crippen molar-refractivity contribution in [2.45, 2.75) is 0 Å². The summed E-state index contributed by atoms with van der Waals surface area (Å²) in [7, 11) is 0. The van der Waals surface area contributed by atoms with Gasteiger partial charge in [-0.05, 0) is 35.9 Å². The number of anilines is 1. The van der Waals surface area contributed by atoms with Crippen LogP contribution in [0.15, 0.2) is 35.4 Å². The van der Waals surface area contributed by atoms with Crippen LogP contribution in [-0.4, -0.2) is 19.4 Å². The molecule has 1 aliphatic rings. The van der Waals surface area contributed by atoms with Crippen LogP contribution in [-0.2, 0) is 0 Å². The Bertz CT molecular complexity index is 712. The van der Waals surface area contributed by atoms with Crippen LogP contribution < -0.4 is 14.9 Å². The van der Waals surface area contributed by atoms with Crippen LogP contribution in [0.4, 0.5) is 5.69 Å². The van der Waals surface area contributed by atoms with Crippen molar-refractivity contribution in [3.63, 3.8) is 0 Å². The molecule has 1 heterocycles. The molecule has 2 aromatic rings. The van der Waals surface area contributed by atoms with E-state index in [0.29, 0.717) is 39.7 Å². The van der Waals surface area contributed by atoms with Gasteiger partial charge in [0.25, 0.3) is 0 Å². The van der Waals surface area contributed by atoms with Crippen molar-refractivity contribution in [3.8, 4) is 11.5 Å². The van der Waals surface area contributed by atoms with E-state index in [-0.39, 0.29) is 0 Å². The Labute approximate surface area is 142 Å². The first-order valence-electron chi connectivity index (χ1n) is 6.47. The van der Waals surface area contributed by atoms with Gasteiger partial charge in [-0.15, -0.1) is 0 Å². The smallest absolute Gasteiger partial charge is 0.162 e. The quantitative estimate of drug-likeness (QED) is 0.630. The Morgan fingerprint density at radius 1 is 0.955 bits per heavy atom. The van der Waals surface area contributed by atoms with Gasteiger partial charge >= 0.3 is 0 Å². The molecule has 0 saturated carbocycles. The van der Waals surface area contributed by atoms with Crippen LogP contribution >= 0.6 is 34.8 Å². The molecule has 0 fully saturated rings. The molecule has 0 saturated heterocycles. The molecule has 114 valence electrons. The summed E-state index contributed by atoms with van der Waals surface area (Å²) in [6.07, 6.45) is 1.64. The van der Waals surface area contributed by atoms with Crippen molar-refractivity contribution in [3.05, 3.63) is 51.0 Å². The highest BCUT2D eigenvalue weighted by atomic mass is 35.5. The maximum absolute atomic E-state index is 6.07. The molecular weight excluding hydrogens is 347 g/mol. The monoisotopic (exact) mass is 356 g/mol. The summed E-state index contributed by atoms with van der Waals surface area (Å²) in [5.74, 6) is 1.44. The fourth-order valence-corrected chi connectivity index (χ4v) is 2.86. The van der Waals surface area contributed by atoms with Crippen molar-refractivity contribution in [2.24, 2.45) is 5.10 Å². The van der Waals surface area contributed by atoms with Gasteiger partial charge in [0.15, 0.2) is 11.5 Å². The minimum atomic E-state index is 0.400. The van der Waals surface area contributed by atoms with Crippen LogP contribution in [0.5, 0.6) is 11.5 Å². The molecule has 22 heavy (non-hydrogen) atoms. The molecule has 4 nitrogen and oxygen atoms in total. The standard InChI is InChI=1S/C15H11Cl3N2O2/c16-10-6-11(17)15(12(18)7-10)20-19-8-9-1-2-13-14(5-9)22-4-3-21-13/h1-2,5-8,20H,3-4H2/b19-8+. The largest absolute Gasteiger partial charge is 0.486 e. The summed E-state index contributed by atoms with van der Waals surface area (Å²) >= 11 is 18.0. The molecule has 1 N–H and O–H groups in total. The second-order valence-electron chi connectivity index (χ2n) is 4.52. The highest BCUT2D eigenvalue weighted by Gasteiger charge is 2.11. The third-order valence-corrected chi connectivity index (χ3v) is 3.78. The van der Waals surface area contributed by atoms with Gasteiger partial charge in [-0.1, -0.05) is 34.8 Å². The van der Waals surface area contributed by atoms with Gasteiger partial charge < -0.3 is 9.47 Å². The van der Waals surface area contributed by atoms with E-state index < -0.39 is 0 Å². The Morgan fingerprint density at radius 3 is 2.36 bits per heavy atom. The lowest BCUT2D eigenvalue weighted by Crippen LogP contribution is -2.15. The van der Waals surface area contributed by atoms with Gasteiger partial charge in [0.05, 0.1) is 21.9 Å². The van der Waals surface area contributed by atoms with Crippen molar-refractivity contribution in [1.82, 2.24) is 0 Å². The zero-order valence-corrected chi connectivity index (χ0v) is 13.5. The topological polar surface area (TPSA) is 42.9 Å². The predicted octanol–water partition coefficient (Wildman–Crippen LogP) is 4.86. The van der Waals surface area contributed by atoms with Gasteiger partial charge in [-0.3, -0.25) is 5.43 Å². The number of hydrogen-bond acceptors (Lipinski definition) is 4. The molecule has 0 atom stereocenters. The van der Waals surface area contributed by atoms with Crippen molar-refractivity contribution in [2.75, 3.05) is 18.6 Å². The highest BCUT2D eigenvalue weighted by molar-refractivity contribution is 6.41. The predicted molar refractivity (Wildman–Crippen MR) is 90.1 cm³/mol. The first-order valence-corrected chi connectivity index (χ1v) is 7.60. The summed E-state index contributed by atoms with van der Waals surface area (Å²) in [5.41, 5.74) is 4.17. The Morgan fingerprint density at radius 2 is 1.64 bits per heavy atom. The average molecular weight is 358 g/mol. The lowest BCUT2D eigenvalue weighted by Gasteiger charge is -2.18. The number of benzene rings is 2. The van der Waals surface area contributed by atoms with E-state index >= 15 is 0 Å². The maximum atomic E-state index is 6.07. The van der Waals surface area contributed by atoms with E-state index in [2.05, 4.69) is 10.5 Å². The lowest BCUT2D eigenvalue weighted by atomic mass is 10.2. The van der Waals surface area contributed by atoms with E-state index in [9.17, 15) is 0 Å². The second kappa shape index (κ2) is 6.65. The van der Waals surface area contributed by atoms with Gasteiger partial charge in [-0.2, -0.15) is 5.10 Å². The minimum absolute atomic E-state index is 0.400. The maximum Gasteiger partial charge on any atom is 0.162 e. The van der Waals surface area contributed by atoms with Crippen molar-refractivity contribution < 1.29 is 9.47 Å². The molecule has 0 spiro atoms. The third kappa shape index (κ3) is 3.40. The number of ether oxygens (including phenoxy) is 2. The summed E-state index contributed by atoms with van der Waals surface area (Å²) in [6, 6.07) is 8.76. The Kier molecular flexibility index (Phi) is 4.62. The summed E-state index contributed by atoms with van der Waals surface area (Å²) < 4.78 is 11.0. The molecule has 7 heteroatoms. The van der Waals surface area contributed by atoms with Crippen LogP contribution in [0.3, 0.4) is 0 Å². The van der Waals surface area contributed by atoms with E-state index in [1.807, 2.05) is 18.2 Å². The molecular formula is C15H11Cl3N2O2. The number of halogens is 3. The van der Waals surface area contributed by atoms with Crippen LogP contribution in [0, 0.1) is 0 Å². The van der Waals surface area contributed by atoms with Crippen molar-refractivity contribution in [1.29, 1.82) is 0 Å². The summed E-state index contributed by atoms with van der Waals surface area (Å²) in [6.45, 7) is 1.11. The zero-order chi connectivity index (χ0) is 15.5. The first kappa shape index (κ1) is 15.3. The number of hydrogen-bond donors (Lipinski definition) is 1. The van der Waals surface area contributed by atoms with Crippen LogP contribution in [0.2, 0.25) is 15.1 Å². The molecule has 0 unspecified atom stereocenters. The first-order chi connectivity index (χ1) is 10.6. The molecule has 0 radical (unpaired) electrons. The molecule has 0 aliphatic carbocycles. The van der Waals surface area contributed by atoms with E-state index in [1.165, 1.54) is 0 Å². The third-order valence-electron chi connectivity index (χ3n) is 2.96. The van der Waals surface area contributed by atoms with Gasteiger partial charge in [0.1, 0.15) is 13.2 Å². The van der Waals surface area contributed by atoms with Crippen LogP contribution in [0.25, 0.3) is 0 Å². The summed E-state index contributed by atoms with van der Waals surface area (Å²) in [5, 5.41) is 5.40. The Balaban J connectivity index is 1.75. The SMILES string of the molecule is Clc1cc(Cl)c(N/N=C/c2ccc3c(c2)OCCO3)c(Cl)c1. The van der Waals surface area contributed by atoms with E-state index in [0.717, 1.165) is 11.3 Å². The van der Waals surface area contributed by atoms with E-state index in [4.69, 9.17) is 44.3 Å². The number of rotatable bonds is 3. The molecule has 0 aromatic heterocycles. The molecule has 0 bridgehead atoms. The lowest BCUT2D eigenvalue weighted by molar-refractivity contribution is 0.171. The van der Waals surface area contributed by atoms with Crippen LogP contribution in [0.1, 0.15) is 5.56 Å².